The molecule has 3 aromatic rings. The van der Waals surface area contributed by atoms with Crippen molar-refractivity contribution in [3.8, 4) is 0 Å². The average Bonchev–Trinajstić information content (AvgIpc) is 3.53. The monoisotopic (exact) mass is 462 g/mol. The Bertz CT molecular complexity index is 1770. The van der Waals surface area contributed by atoms with Gasteiger partial charge in [-0.2, -0.15) is 0 Å². The summed E-state index contributed by atoms with van der Waals surface area (Å²) >= 11 is 0.368. The zero-order chi connectivity index (χ0) is 34.8. The van der Waals surface area contributed by atoms with Gasteiger partial charge in [0.2, 0.25) is 5.88 Å². The van der Waals surface area contributed by atoms with E-state index >= 15 is 0 Å². The van der Waals surface area contributed by atoms with Gasteiger partial charge in [0, 0.05) is 27.6 Å². The van der Waals surface area contributed by atoms with Crippen LogP contribution in [0.1, 0.15) is 67.2 Å². The highest BCUT2D eigenvalue weighted by Gasteiger charge is 2.27. The molecular formula is C20H21N3O5S2. The number of carbonyl (C=O) groups excluding carboxylic acids is 2. The van der Waals surface area contributed by atoms with Crippen LogP contribution in [0, 0.1) is 27.4 Å². The molecular weight excluding hydrogens is 426 g/mol. The molecule has 0 atom stereocenters. The molecule has 0 aliphatic rings. The lowest BCUT2D eigenvalue weighted by atomic mass is 10.0. The van der Waals surface area contributed by atoms with Crippen molar-refractivity contribution in [1.29, 1.82) is 0 Å². The van der Waals surface area contributed by atoms with E-state index in [0.717, 1.165) is 18.4 Å². The third kappa shape index (κ3) is 4.14. The summed E-state index contributed by atoms with van der Waals surface area (Å²) < 4.78 is 148. The minimum atomic E-state index is -5.33. The fourth-order valence-corrected chi connectivity index (χ4v) is 4.49. The summed E-state index contributed by atoms with van der Waals surface area (Å²) in [5.41, 5.74) is -6.17. The standard InChI is InChI=1S/C20H21N3O5S2/c1-10-8-11(2)17(15(9-10)14(5)24)21-19(25)18-16(6-7-29-18)30(26,27)23-20-12(3)13(4)22-28-20/h6-9,23H,1-5H3,(H,21,25)/i1D3,2D3,3D3,4D3,8D/hD2. The van der Waals surface area contributed by atoms with Gasteiger partial charge in [0.25, 0.3) is 15.9 Å². The summed E-state index contributed by atoms with van der Waals surface area (Å²) in [4.78, 5) is 24.2. The molecule has 1 aromatic carbocycles. The Kier molecular flexibility index (Phi) is 2.53. The van der Waals surface area contributed by atoms with E-state index in [1.165, 1.54) is 0 Å². The van der Waals surface area contributed by atoms with Gasteiger partial charge in [-0.1, -0.05) is 11.2 Å². The van der Waals surface area contributed by atoms with Gasteiger partial charge in [-0.15, -0.1) is 11.3 Å². The second kappa shape index (κ2) is 8.04. The Morgan fingerprint density at radius 1 is 1.30 bits per heavy atom. The third-order valence-corrected chi connectivity index (χ3v) is 5.95. The number of hydrogen-bond donors (Lipinski definition) is 2. The number of anilines is 2. The number of hydrogen-bond acceptors (Lipinski definition) is 7. The molecule has 2 aromatic heterocycles. The largest absolute Gasteiger partial charge is 0.337 e. The molecule has 0 aliphatic heterocycles. The molecule has 0 aliphatic carbocycles. The van der Waals surface area contributed by atoms with Crippen molar-refractivity contribution in [2.24, 2.45) is 0 Å². The number of rotatable bonds is 6. The molecule has 0 fully saturated rings. The smallest absolute Gasteiger partial charge is 0.267 e. The second-order valence-electron chi connectivity index (χ2n) is 5.69. The molecule has 8 nitrogen and oxygen atoms in total. The van der Waals surface area contributed by atoms with Crippen LogP contribution in [0.25, 0.3) is 0 Å². The highest BCUT2D eigenvalue weighted by molar-refractivity contribution is 7.93. The second-order valence-corrected chi connectivity index (χ2v) is 8.17. The predicted octanol–water partition coefficient (Wildman–Crippen LogP) is 4.23. The lowest BCUT2D eigenvalue weighted by Gasteiger charge is -2.14. The first-order chi connectivity index (χ1) is 20.1. The molecule has 0 radical (unpaired) electrons. The Balaban J connectivity index is 2.24. The summed E-state index contributed by atoms with van der Waals surface area (Å²) in [5.74, 6) is -3.95. The highest BCUT2D eigenvalue weighted by Crippen LogP contribution is 2.29. The van der Waals surface area contributed by atoms with Crippen molar-refractivity contribution in [1.82, 2.24) is 5.16 Å². The number of benzene rings is 1. The number of aromatic nitrogens is 1. The molecule has 0 bridgehead atoms. The van der Waals surface area contributed by atoms with Gasteiger partial charge in [-0.05, 0) is 63.0 Å². The first-order valence-electron chi connectivity index (χ1n) is 15.2. The molecule has 0 saturated carbocycles. The van der Waals surface area contributed by atoms with Gasteiger partial charge < -0.3 is 9.83 Å². The molecule has 1 amide bonds. The van der Waals surface area contributed by atoms with E-state index in [1.54, 1.807) is 0 Å². The minimum Gasteiger partial charge on any atom is -0.337 e. The van der Waals surface area contributed by atoms with Crippen LogP contribution in [0.3, 0.4) is 0 Å². The quantitative estimate of drug-likeness (QED) is 0.529. The summed E-state index contributed by atoms with van der Waals surface area (Å²) in [5, 5.41) is 3.92. The van der Waals surface area contributed by atoms with Crippen LogP contribution >= 0.6 is 11.3 Å². The molecule has 0 unspecified atom stereocenters. The lowest BCUT2D eigenvalue weighted by molar-refractivity contribution is 0.101. The SMILES string of the molecule is [2H]c1c(C([2H])([2H])[2H])cc(C(C)=O)c(N([2H])C(=O)c2sccc2S(=O)(=O)N([2H])c2onc(C([2H])([2H])[2H])c2C([2H])([2H])[2H])c1C([2H])([2H])[2H]. The maximum atomic E-state index is 13.6. The number of aryl methyl sites for hydroxylation is 2. The Hall–Kier alpha value is -2.98. The fraction of sp³-hybridized carbons (Fsp3) is 0.250. The van der Waals surface area contributed by atoms with E-state index in [4.69, 9.17) is 20.6 Å². The van der Waals surface area contributed by atoms with E-state index in [1.807, 2.05) is 0 Å². The van der Waals surface area contributed by atoms with Crippen molar-refractivity contribution < 1.29 is 43.2 Å². The molecule has 3 rings (SSSR count). The Morgan fingerprint density at radius 2 is 2.13 bits per heavy atom. The first kappa shape index (κ1) is 9.44. The number of nitrogens with one attached hydrogen (secondary N) is 2. The number of Topliss-reactive ketones (excluding diaryl/α,β-unsaturated/α-hetero) is 1. The number of ketones is 1. The number of nitrogens with zero attached hydrogens (tertiary/aromatic N) is 1. The van der Waals surface area contributed by atoms with Crippen molar-refractivity contribution >= 4 is 44.6 Å². The van der Waals surface area contributed by atoms with Crippen molar-refractivity contribution in [3.63, 3.8) is 0 Å². The summed E-state index contributed by atoms with van der Waals surface area (Å²) in [6, 6.07) is 0.282. The van der Waals surface area contributed by atoms with Gasteiger partial charge in [-0.3, -0.25) is 9.59 Å². The topological polar surface area (TPSA) is 118 Å². The maximum Gasteiger partial charge on any atom is 0.267 e. The fourth-order valence-electron chi connectivity index (χ4n) is 2.27. The van der Waals surface area contributed by atoms with E-state index < -0.39 is 109 Å². The summed E-state index contributed by atoms with van der Waals surface area (Å²) in [6.07, 6.45) is 0. The lowest BCUT2D eigenvalue weighted by Crippen LogP contribution is -2.20. The third-order valence-electron chi connectivity index (χ3n) is 3.61. The number of sulfonamides is 1. The van der Waals surface area contributed by atoms with E-state index in [2.05, 4.69) is 9.68 Å². The van der Waals surface area contributed by atoms with Gasteiger partial charge >= 0.3 is 0 Å². The van der Waals surface area contributed by atoms with Crippen molar-refractivity contribution in [2.45, 2.75) is 39.2 Å². The van der Waals surface area contributed by atoms with Crippen molar-refractivity contribution in [3.05, 3.63) is 56.4 Å². The Labute approximate surface area is 199 Å². The molecule has 2 N–H and O–H groups in total. The van der Waals surface area contributed by atoms with Crippen LogP contribution in [0.4, 0.5) is 11.6 Å². The Morgan fingerprint density at radius 3 is 2.80 bits per heavy atom. The molecule has 10 heteroatoms. The van der Waals surface area contributed by atoms with E-state index in [9.17, 15) is 18.0 Å². The zero-order valence-corrected chi connectivity index (χ0v) is 16.6. The minimum absolute atomic E-state index is 0.200. The first-order valence-corrected chi connectivity index (χ1v) is 10.1. The number of thiophene rings is 1. The van der Waals surface area contributed by atoms with Crippen LogP contribution in [0.15, 0.2) is 33.0 Å². The van der Waals surface area contributed by atoms with Gasteiger partial charge in [0.1, 0.15) is 9.77 Å². The normalized spacial score (nSPS) is 20.4. The maximum absolute atomic E-state index is 13.6. The summed E-state index contributed by atoms with van der Waals surface area (Å²) in [6.45, 7) is -12.1. The molecule has 158 valence electrons. The van der Waals surface area contributed by atoms with Crippen LogP contribution in [-0.2, 0) is 10.0 Å². The van der Waals surface area contributed by atoms with E-state index in [0.29, 0.717) is 17.4 Å². The molecule has 0 saturated heterocycles. The molecule has 0 spiro atoms. The average molecular weight is 463 g/mol. The van der Waals surface area contributed by atoms with E-state index in [-0.39, 0.29) is 5.31 Å². The van der Waals surface area contributed by atoms with Crippen LogP contribution in [0.5, 0.6) is 0 Å². The van der Waals surface area contributed by atoms with Crippen LogP contribution < -0.4 is 10.0 Å². The zero-order valence-electron chi connectivity index (χ0n) is 29.9. The van der Waals surface area contributed by atoms with Gasteiger partial charge in [0.15, 0.2) is 8.61 Å². The van der Waals surface area contributed by atoms with Crippen molar-refractivity contribution in [2.75, 3.05) is 10.0 Å². The van der Waals surface area contributed by atoms with Crippen LogP contribution in [-0.4, -0.2) is 25.3 Å². The van der Waals surface area contributed by atoms with Gasteiger partial charge in [0.05, 0.1) is 12.8 Å². The number of carbonyl (C=O) groups is 2. The highest BCUT2D eigenvalue weighted by atomic mass is 32.2. The number of amides is 1. The molecule has 2 heterocycles. The molecule has 30 heavy (non-hydrogen) atoms. The predicted molar refractivity (Wildman–Crippen MR) is 115 cm³/mol. The van der Waals surface area contributed by atoms with Gasteiger partial charge in [-0.25, -0.2) is 13.1 Å². The summed E-state index contributed by atoms with van der Waals surface area (Å²) in [7, 11) is -5.33. The van der Waals surface area contributed by atoms with Crippen LogP contribution in [0.2, 0.25) is 2.82 Å².